The summed E-state index contributed by atoms with van der Waals surface area (Å²) in [6.07, 6.45) is 7.17. The van der Waals surface area contributed by atoms with Crippen molar-refractivity contribution in [2.45, 2.75) is 25.8 Å². The summed E-state index contributed by atoms with van der Waals surface area (Å²) in [5.41, 5.74) is 7.62. The molecule has 2 aromatic heterocycles. The molecular weight excluding hydrogens is 482 g/mol. The van der Waals surface area contributed by atoms with Crippen molar-refractivity contribution >= 4 is 21.7 Å². The lowest BCUT2D eigenvalue weighted by atomic mass is 9.90. The predicted octanol–water partition coefficient (Wildman–Crippen LogP) is 1.16. The van der Waals surface area contributed by atoms with E-state index in [2.05, 4.69) is 15.0 Å². The number of carbonyl (C=O) groups is 1. The van der Waals surface area contributed by atoms with Crippen molar-refractivity contribution in [2.24, 2.45) is 11.7 Å². The van der Waals surface area contributed by atoms with E-state index >= 15 is 0 Å². The Balaban J connectivity index is 1.60. The lowest BCUT2D eigenvalue weighted by Crippen LogP contribution is -2.59. The molecule has 192 valence electrons. The van der Waals surface area contributed by atoms with Gasteiger partial charge in [0.05, 0.1) is 25.3 Å². The molecule has 2 atom stereocenters. The summed E-state index contributed by atoms with van der Waals surface area (Å²) >= 11 is 0. The quantitative estimate of drug-likeness (QED) is 0.450. The van der Waals surface area contributed by atoms with Gasteiger partial charge in [-0.3, -0.25) is 9.36 Å². The number of sulfonamides is 1. The first-order valence-corrected chi connectivity index (χ1v) is 13.5. The molecule has 2 N–H and O–H groups in total. The van der Waals surface area contributed by atoms with E-state index in [1.54, 1.807) is 30.4 Å². The monoisotopic (exact) mass is 513 g/mol. The summed E-state index contributed by atoms with van der Waals surface area (Å²) in [6, 6.07) is 8.80. The van der Waals surface area contributed by atoms with Crippen LogP contribution in [0.15, 0.2) is 49.1 Å². The molecular formula is C24H31N7O4S. The summed E-state index contributed by atoms with van der Waals surface area (Å²) in [5, 5.41) is 0. The Kier molecular flexibility index (Phi) is 7.55. The van der Waals surface area contributed by atoms with Gasteiger partial charge in [-0.15, -0.1) is 0 Å². The highest BCUT2D eigenvalue weighted by molar-refractivity contribution is 7.88. The Morgan fingerprint density at radius 3 is 2.58 bits per heavy atom. The Morgan fingerprint density at radius 2 is 1.97 bits per heavy atom. The number of nitrogens with zero attached hydrogens (tertiary/aromatic N) is 6. The van der Waals surface area contributed by atoms with Gasteiger partial charge >= 0.3 is 0 Å². The summed E-state index contributed by atoms with van der Waals surface area (Å²) in [7, 11) is -1.96. The molecule has 1 aliphatic rings. The van der Waals surface area contributed by atoms with Crippen LogP contribution in [0.2, 0.25) is 0 Å². The topological polar surface area (TPSA) is 137 Å². The molecule has 2 unspecified atom stereocenters. The van der Waals surface area contributed by atoms with E-state index in [4.69, 9.17) is 10.5 Å². The Hall–Kier alpha value is -3.51. The number of rotatable bonds is 9. The minimum Gasteiger partial charge on any atom is -0.497 e. The number of primary amides is 1. The highest BCUT2D eigenvalue weighted by atomic mass is 32.2. The maximum atomic E-state index is 12.7. The van der Waals surface area contributed by atoms with Crippen molar-refractivity contribution in [3.05, 3.63) is 60.3 Å². The van der Waals surface area contributed by atoms with E-state index in [0.29, 0.717) is 31.2 Å². The highest BCUT2D eigenvalue weighted by Crippen LogP contribution is 2.27. The van der Waals surface area contributed by atoms with Crippen LogP contribution in [0.25, 0.3) is 5.95 Å². The van der Waals surface area contributed by atoms with Gasteiger partial charge in [0.15, 0.2) is 0 Å². The fourth-order valence-corrected chi connectivity index (χ4v) is 5.69. The van der Waals surface area contributed by atoms with E-state index in [1.807, 2.05) is 42.2 Å². The van der Waals surface area contributed by atoms with Gasteiger partial charge in [-0.2, -0.15) is 9.29 Å². The van der Waals surface area contributed by atoms with E-state index in [9.17, 15) is 13.2 Å². The third-order valence-electron chi connectivity index (χ3n) is 6.41. The number of imidazole rings is 1. The molecule has 0 aliphatic carbocycles. The maximum Gasteiger partial charge on any atom is 0.237 e. The number of aryl methyl sites for hydroxylation is 2. The molecule has 0 spiro atoms. The van der Waals surface area contributed by atoms with Crippen LogP contribution in [0.5, 0.6) is 5.75 Å². The fourth-order valence-electron chi connectivity index (χ4n) is 4.57. The number of benzene rings is 1. The number of anilines is 1. The number of carbonyl (C=O) groups excluding carboxylic acids is 1. The lowest BCUT2D eigenvalue weighted by Gasteiger charge is -2.43. The molecule has 1 saturated heterocycles. The van der Waals surface area contributed by atoms with Gasteiger partial charge in [0.2, 0.25) is 21.9 Å². The summed E-state index contributed by atoms with van der Waals surface area (Å²) in [6.45, 7) is 2.80. The van der Waals surface area contributed by atoms with Crippen LogP contribution in [-0.4, -0.2) is 77.2 Å². The first-order chi connectivity index (χ1) is 17.2. The van der Waals surface area contributed by atoms with Crippen molar-refractivity contribution in [1.82, 2.24) is 23.8 Å². The number of hydrogen-bond acceptors (Lipinski definition) is 8. The fraction of sp³-hybridized carbons (Fsp3) is 0.417. The van der Waals surface area contributed by atoms with E-state index in [-0.39, 0.29) is 13.1 Å². The molecule has 1 aromatic carbocycles. The molecule has 0 bridgehead atoms. The predicted molar refractivity (Wildman–Crippen MR) is 135 cm³/mol. The maximum absolute atomic E-state index is 12.7. The van der Waals surface area contributed by atoms with Gasteiger partial charge in [-0.05, 0) is 37.5 Å². The SMILES string of the molecule is COc1ccc(CCC(C(N)=O)C2CN(c3cc(C)nc(-n4ccnc4)n3)CCN2S(C)(=O)=O)cc1. The molecule has 0 saturated carbocycles. The van der Waals surface area contributed by atoms with E-state index in [1.165, 1.54) is 10.6 Å². The van der Waals surface area contributed by atoms with E-state index < -0.39 is 27.9 Å². The first kappa shape index (κ1) is 25.6. The summed E-state index contributed by atoms with van der Waals surface area (Å²) in [4.78, 5) is 27.8. The molecule has 36 heavy (non-hydrogen) atoms. The molecule has 11 nitrogen and oxygen atoms in total. The Labute approximate surface area is 211 Å². The van der Waals surface area contributed by atoms with Gasteiger partial charge in [0, 0.05) is 43.8 Å². The van der Waals surface area contributed by atoms with Gasteiger partial charge in [0.1, 0.15) is 17.9 Å². The van der Waals surface area contributed by atoms with Crippen LogP contribution >= 0.6 is 0 Å². The van der Waals surface area contributed by atoms with Crippen LogP contribution in [-0.2, 0) is 21.2 Å². The number of nitrogens with two attached hydrogens (primary N) is 1. The average molecular weight is 514 g/mol. The number of piperazine rings is 1. The molecule has 1 fully saturated rings. The third kappa shape index (κ3) is 5.82. The molecule has 12 heteroatoms. The van der Waals surface area contributed by atoms with Gasteiger partial charge < -0.3 is 15.4 Å². The third-order valence-corrected chi connectivity index (χ3v) is 7.72. The van der Waals surface area contributed by atoms with Crippen LogP contribution in [0.1, 0.15) is 17.7 Å². The zero-order valence-corrected chi connectivity index (χ0v) is 21.4. The zero-order chi connectivity index (χ0) is 25.9. The Morgan fingerprint density at radius 1 is 1.22 bits per heavy atom. The molecule has 3 heterocycles. The summed E-state index contributed by atoms with van der Waals surface area (Å²) < 4.78 is 33.7. The van der Waals surface area contributed by atoms with Crippen LogP contribution in [0.4, 0.5) is 5.82 Å². The minimum atomic E-state index is -3.57. The van der Waals surface area contributed by atoms with Crippen LogP contribution < -0.4 is 15.4 Å². The number of amides is 1. The molecule has 4 rings (SSSR count). The standard InChI is InChI=1S/C24H31N7O4S/c1-17-14-22(28-24(27-17)30-11-10-26-16-30)29-12-13-31(36(3,33)34)21(15-29)20(23(25)32)9-6-18-4-7-19(35-2)8-5-18/h4-5,7-8,10-11,14,16,20-21H,6,9,12-13,15H2,1-3H3,(H2,25,32). The van der Waals surface area contributed by atoms with Crippen molar-refractivity contribution in [3.8, 4) is 11.7 Å². The van der Waals surface area contributed by atoms with Crippen molar-refractivity contribution < 1.29 is 17.9 Å². The van der Waals surface area contributed by atoms with Gasteiger partial charge in [-0.25, -0.2) is 18.4 Å². The number of aromatic nitrogens is 4. The second-order valence-corrected chi connectivity index (χ2v) is 10.9. The second-order valence-electron chi connectivity index (χ2n) is 8.92. The van der Waals surface area contributed by atoms with Crippen LogP contribution in [0.3, 0.4) is 0 Å². The number of methoxy groups -OCH3 is 1. The Bertz CT molecular complexity index is 1300. The minimum absolute atomic E-state index is 0.222. The largest absolute Gasteiger partial charge is 0.497 e. The van der Waals surface area contributed by atoms with Crippen molar-refractivity contribution in [2.75, 3.05) is 37.9 Å². The first-order valence-electron chi connectivity index (χ1n) is 11.6. The van der Waals surface area contributed by atoms with Gasteiger partial charge in [-0.1, -0.05) is 12.1 Å². The molecule has 1 amide bonds. The lowest BCUT2D eigenvalue weighted by molar-refractivity contribution is -0.123. The second kappa shape index (κ2) is 10.6. The normalized spacial score (nSPS) is 17.6. The number of hydrogen-bond donors (Lipinski definition) is 1. The molecule has 1 aliphatic heterocycles. The van der Waals surface area contributed by atoms with Crippen molar-refractivity contribution in [3.63, 3.8) is 0 Å². The molecule has 0 radical (unpaired) electrons. The van der Waals surface area contributed by atoms with E-state index in [0.717, 1.165) is 17.0 Å². The highest BCUT2D eigenvalue weighted by Gasteiger charge is 2.40. The number of ether oxygens (including phenoxy) is 1. The van der Waals surface area contributed by atoms with Gasteiger partial charge in [0.25, 0.3) is 0 Å². The average Bonchev–Trinajstić information content (AvgIpc) is 3.38. The zero-order valence-electron chi connectivity index (χ0n) is 20.6. The molecule has 3 aromatic rings. The summed E-state index contributed by atoms with van der Waals surface area (Å²) in [5.74, 6) is 0.660. The van der Waals surface area contributed by atoms with Crippen molar-refractivity contribution in [1.29, 1.82) is 0 Å². The van der Waals surface area contributed by atoms with Crippen LogP contribution in [0, 0.1) is 12.8 Å². The smallest absolute Gasteiger partial charge is 0.237 e.